The molecule has 1 atom stereocenters. The van der Waals surface area contributed by atoms with Crippen LogP contribution in [0.2, 0.25) is 0 Å². The maximum atomic E-state index is 11.8. The van der Waals surface area contributed by atoms with E-state index in [0.29, 0.717) is 31.6 Å². The van der Waals surface area contributed by atoms with Gasteiger partial charge in [-0.3, -0.25) is 4.79 Å². The summed E-state index contributed by atoms with van der Waals surface area (Å²) < 4.78 is 5.54. The molecule has 1 amide bonds. The van der Waals surface area contributed by atoms with Crippen LogP contribution in [0.4, 0.5) is 0 Å². The summed E-state index contributed by atoms with van der Waals surface area (Å²) in [5.74, 6) is 0.679. The van der Waals surface area contributed by atoms with Crippen LogP contribution < -0.4 is 10.6 Å². The number of guanidine groups is 1. The highest BCUT2D eigenvalue weighted by Crippen LogP contribution is 2.31. The number of likely N-dealkylation sites (N-methyl/N-ethyl adjacent to an activating group) is 1. The van der Waals surface area contributed by atoms with E-state index >= 15 is 0 Å². The highest BCUT2D eigenvalue weighted by Gasteiger charge is 2.34. The van der Waals surface area contributed by atoms with Gasteiger partial charge in [-0.2, -0.15) is 0 Å². The van der Waals surface area contributed by atoms with E-state index < -0.39 is 0 Å². The van der Waals surface area contributed by atoms with Gasteiger partial charge in [-0.15, -0.1) is 24.0 Å². The maximum absolute atomic E-state index is 11.8. The number of hydrogen-bond acceptors (Lipinski definition) is 4. The number of carbonyl (C=O) groups excluding carboxylic acids is 1. The monoisotopic (exact) mass is 468 g/mol. The van der Waals surface area contributed by atoms with E-state index in [1.165, 1.54) is 12.8 Å². The van der Waals surface area contributed by atoms with Gasteiger partial charge in [0, 0.05) is 45.3 Å². The van der Waals surface area contributed by atoms with Crippen LogP contribution in [0.25, 0.3) is 0 Å². The summed E-state index contributed by atoms with van der Waals surface area (Å²) in [6.45, 7) is 2.39. The Kier molecular flexibility index (Phi) is 10.0. The Labute approximate surface area is 168 Å². The molecule has 1 aliphatic heterocycles. The average Bonchev–Trinajstić information content (AvgIpc) is 3.22. The molecule has 0 aromatic carbocycles. The van der Waals surface area contributed by atoms with Crippen molar-refractivity contribution < 1.29 is 14.6 Å². The number of hydrogen-bond donors (Lipinski definition) is 3. The molecular weight excluding hydrogens is 435 g/mol. The summed E-state index contributed by atoms with van der Waals surface area (Å²) in [7, 11) is 3.48. The first kappa shape index (κ1) is 22.4. The topological polar surface area (TPSA) is 86.2 Å². The maximum Gasteiger partial charge on any atom is 0.243 e. The fraction of sp³-hybridized carbons (Fsp3) is 0.882. The number of nitrogens with zero attached hydrogens (tertiary/aromatic N) is 2. The minimum Gasteiger partial charge on any atom is -0.396 e. The molecule has 0 radical (unpaired) electrons. The van der Waals surface area contributed by atoms with E-state index in [1.54, 1.807) is 19.0 Å². The first-order valence-corrected chi connectivity index (χ1v) is 8.98. The molecule has 0 aromatic rings. The quantitative estimate of drug-likeness (QED) is 0.295. The Bertz CT molecular complexity index is 434. The van der Waals surface area contributed by atoms with Crippen molar-refractivity contribution >= 4 is 35.8 Å². The summed E-state index contributed by atoms with van der Waals surface area (Å²) >= 11 is 0. The first-order valence-electron chi connectivity index (χ1n) is 8.98. The molecule has 1 heterocycles. The third kappa shape index (κ3) is 7.26. The van der Waals surface area contributed by atoms with Gasteiger partial charge in [0.2, 0.25) is 5.91 Å². The van der Waals surface area contributed by atoms with Gasteiger partial charge >= 0.3 is 0 Å². The molecule has 1 aliphatic carbocycles. The lowest BCUT2D eigenvalue weighted by atomic mass is 9.84. The van der Waals surface area contributed by atoms with Gasteiger partial charge < -0.3 is 25.4 Å². The number of nitrogens with one attached hydrogen (secondary N) is 2. The SMILES string of the molecule is CN(C)C(=O)CN=C(NCC1(CCO)CCOC1)NC1CCCC1.I. The molecule has 0 bridgehead atoms. The van der Waals surface area contributed by atoms with Gasteiger partial charge in [0.1, 0.15) is 6.54 Å². The van der Waals surface area contributed by atoms with Crippen molar-refractivity contribution in [2.75, 3.05) is 47.0 Å². The van der Waals surface area contributed by atoms with Gasteiger partial charge in [0.25, 0.3) is 0 Å². The first-order chi connectivity index (χ1) is 11.5. The highest BCUT2D eigenvalue weighted by molar-refractivity contribution is 14.0. The number of carbonyl (C=O) groups is 1. The number of aliphatic hydroxyl groups is 1. The zero-order valence-corrected chi connectivity index (χ0v) is 17.8. The molecule has 1 unspecified atom stereocenters. The van der Waals surface area contributed by atoms with Crippen molar-refractivity contribution in [1.82, 2.24) is 15.5 Å². The Morgan fingerprint density at radius 3 is 2.64 bits per heavy atom. The lowest BCUT2D eigenvalue weighted by Gasteiger charge is -2.28. The van der Waals surface area contributed by atoms with Crippen molar-refractivity contribution in [2.45, 2.75) is 44.6 Å². The summed E-state index contributed by atoms with van der Waals surface area (Å²) in [4.78, 5) is 17.8. The lowest BCUT2D eigenvalue weighted by Crippen LogP contribution is -2.47. The molecule has 0 aromatic heterocycles. The summed E-state index contributed by atoms with van der Waals surface area (Å²) in [5, 5.41) is 16.2. The van der Waals surface area contributed by atoms with E-state index in [9.17, 15) is 9.90 Å². The fourth-order valence-corrected chi connectivity index (χ4v) is 3.29. The number of halogens is 1. The molecule has 3 N–H and O–H groups in total. The second-order valence-corrected chi connectivity index (χ2v) is 7.21. The second kappa shape index (κ2) is 11.2. The van der Waals surface area contributed by atoms with Gasteiger partial charge in [-0.05, 0) is 25.7 Å². The normalized spacial score (nSPS) is 24.0. The minimum atomic E-state index is -0.0432. The van der Waals surface area contributed by atoms with Gasteiger partial charge in [-0.25, -0.2) is 4.99 Å². The molecule has 1 saturated carbocycles. The average molecular weight is 468 g/mol. The van der Waals surface area contributed by atoms with Crippen LogP contribution in [-0.2, 0) is 9.53 Å². The van der Waals surface area contributed by atoms with Crippen molar-refractivity contribution in [2.24, 2.45) is 10.4 Å². The van der Waals surface area contributed by atoms with Crippen LogP contribution in [0.15, 0.2) is 4.99 Å². The summed E-state index contributed by atoms with van der Waals surface area (Å²) in [5.41, 5.74) is -0.0432. The largest absolute Gasteiger partial charge is 0.396 e. The molecule has 2 aliphatic rings. The Balaban J connectivity index is 0.00000312. The van der Waals surface area contributed by atoms with Crippen LogP contribution in [-0.4, -0.2) is 74.9 Å². The molecule has 0 spiro atoms. The van der Waals surface area contributed by atoms with Crippen LogP contribution in [0.1, 0.15) is 38.5 Å². The van der Waals surface area contributed by atoms with Crippen LogP contribution in [0, 0.1) is 5.41 Å². The third-order valence-corrected chi connectivity index (χ3v) is 5.03. The van der Waals surface area contributed by atoms with Crippen molar-refractivity contribution in [3.63, 3.8) is 0 Å². The number of amides is 1. The number of aliphatic imine (C=N–C) groups is 1. The van der Waals surface area contributed by atoms with Crippen LogP contribution >= 0.6 is 24.0 Å². The predicted octanol–water partition coefficient (Wildman–Crippen LogP) is 0.960. The Morgan fingerprint density at radius 1 is 1.36 bits per heavy atom. The molecule has 8 heteroatoms. The molecule has 2 rings (SSSR count). The van der Waals surface area contributed by atoms with Gasteiger partial charge in [-0.1, -0.05) is 12.8 Å². The lowest BCUT2D eigenvalue weighted by molar-refractivity contribution is -0.127. The smallest absolute Gasteiger partial charge is 0.243 e. The molecule has 1 saturated heterocycles. The standard InChI is InChI=1S/C17H32N4O3.HI/c1-21(2)15(23)11-18-16(20-14-5-3-4-6-14)19-12-17(7-9-22)8-10-24-13-17;/h14,22H,3-13H2,1-2H3,(H2,18,19,20);1H. The van der Waals surface area contributed by atoms with Gasteiger partial charge in [0.15, 0.2) is 5.96 Å². The number of rotatable bonds is 7. The summed E-state index contributed by atoms with van der Waals surface area (Å²) in [6, 6.07) is 0.430. The van der Waals surface area contributed by atoms with Crippen molar-refractivity contribution in [3.05, 3.63) is 0 Å². The zero-order valence-electron chi connectivity index (χ0n) is 15.4. The van der Waals surface area contributed by atoms with E-state index in [2.05, 4.69) is 15.6 Å². The van der Waals surface area contributed by atoms with Crippen molar-refractivity contribution in [1.29, 1.82) is 0 Å². The van der Waals surface area contributed by atoms with E-state index in [1.807, 2.05) is 0 Å². The molecular formula is C17H33IN4O3. The number of aliphatic hydroxyl groups excluding tert-OH is 1. The van der Waals surface area contributed by atoms with E-state index in [-0.39, 0.29) is 48.5 Å². The molecule has 146 valence electrons. The molecule has 7 nitrogen and oxygen atoms in total. The van der Waals surface area contributed by atoms with E-state index in [0.717, 1.165) is 25.9 Å². The summed E-state index contributed by atoms with van der Waals surface area (Å²) in [6.07, 6.45) is 6.43. The molecule has 25 heavy (non-hydrogen) atoms. The van der Waals surface area contributed by atoms with E-state index in [4.69, 9.17) is 4.74 Å². The van der Waals surface area contributed by atoms with Crippen LogP contribution in [0.3, 0.4) is 0 Å². The molecule has 2 fully saturated rings. The Morgan fingerprint density at radius 2 is 2.08 bits per heavy atom. The number of ether oxygens (including phenoxy) is 1. The zero-order chi connectivity index (χ0) is 17.4. The van der Waals surface area contributed by atoms with Crippen LogP contribution in [0.5, 0.6) is 0 Å². The fourth-order valence-electron chi connectivity index (χ4n) is 3.29. The van der Waals surface area contributed by atoms with Gasteiger partial charge in [0.05, 0.1) is 6.61 Å². The Hall–Kier alpha value is -0.610. The minimum absolute atomic E-state index is 0. The second-order valence-electron chi connectivity index (χ2n) is 7.21. The predicted molar refractivity (Wildman–Crippen MR) is 109 cm³/mol. The third-order valence-electron chi connectivity index (χ3n) is 5.03. The van der Waals surface area contributed by atoms with Crippen molar-refractivity contribution in [3.8, 4) is 0 Å². The highest BCUT2D eigenvalue weighted by atomic mass is 127.